The molecule has 7 heteroatoms. The summed E-state index contributed by atoms with van der Waals surface area (Å²) >= 11 is 0. The van der Waals surface area contributed by atoms with Crippen LogP contribution in [0.25, 0.3) is 0 Å². The van der Waals surface area contributed by atoms with Crippen molar-refractivity contribution in [3.8, 4) is 5.75 Å². The summed E-state index contributed by atoms with van der Waals surface area (Å²) in [6.45, 7) is 0.990. The number of phenolic OH excluding ortho intramolecular Hbond substituents is 1. The van der Waals surface area contributed by atoms with Gasteiger partial charge in [-0.15, -0.1) is 0 Å². The van der Waals surface area contributed by atoms with Crippen molar-refractivity contribution in [1.29, 1.82) is 0 Å². The predicted molar refractivity (Wildman–Crippen MR) is 95.1 cm³/mol. The van der Waals surface area contributed by atoms with Gasteiger partial charge in [-0.2, -0.15) is 4.31 Å². The molecular formula is C18H20N2O4S. The number of amides is 1. The molecule has 0 atom stereocenters. The average molecular weight is 360 g/mol. The smallest absolute Gasteiger partial charge is 0.255 e. The Labute approximate surface area is 147 Å². The molecule has 0 bridgehead atoms. The van der Waals surface area contributed by atoms with E-state index in [0.717, 1.165) is 19.3 Å². The van der Waals surface area contributed by atoms with Gasteiger partial charge in [-0.25, -0.2) is 8.42 Å². The van der Waals surface area contributed by atoms with Gasteiger partial charge in [0.1, 0.15) is 5.75 Å². The van der Waals surface area contributed by atoms with Crippen molar-refractivity contribution in [3.05, 3.63) is 54.1 Å². The summed E-state index contributed by atoms with van der Waals surface area (Å²) in [7, 11) is -3.63. The van der Waals surface area contributed by atoms with Gasteiger partial charge < -0.3 is 10.4 Å². The van der Waals surface area contributed by atoms with Crippen LogP contribution >= 0.6 is 0 Å². The number of carbonyl (C=O) groups is 1. The van der Waals surface area contributed by atoms with E-state index in [0.29, 0.717) is 18.7 Å². The van der Waals surface area contributed by atoms with E-state index in [9.17, 15) is 18.3 Å². The Morgan fingerprint density at radius 2 is 1.68 bits per heavy atom. The van der Waals surface area contributed by atoms with Crippen molar-refractivity contribution in [1.82, 2.24) is 4.31 Å². The number of sulfonamides is 1. The van der Waals surface area contributed by atoms with Gasteiger partial charge in [-0.3, -0.25) is 4.79 Å². The second kappa shape index (κ2) is 7.25. The maximum atomic E-state index is 12.7. The Kier molecular flexibility index (Phi) is 5.06. The molecule has 1 fully saturated rings. The van der Waals surface area contributed by atoms with Gasteiger partial charge in [0.15, 0.2) is 0 Å². The number of benzene rings is 2. The SMILES string of the molecule is O=C(Nc1cc(S(=O)(=O)N2CCCCC2)ccc1O)c1ccccc1. The summed E-state index contributed by atoms with van der Waals surface area (Å²) in [5.74, 6) is -0.592. The predicted octanol–water partition coefficient (Wildman–Crippen LogP) is 2.82. The monoisotopic (exact) mass is 360 g/mol. The fraction of sp³-hybridized carbons (Fsp3) is 0.278. The zero-order valence-electron chi connectivity index (χ0n) is 13.7. The normalized spacial score (nSPS) is 15.7. The molecule has 0 radical (unpaired) electrons. The topological polar surface area (TPSA) is 86.7 Å². The lowest BCUT2D eigenvalue weighted by Crippen LogP contribution is -2.35. The maximum absolute atomic E-state index is 12.7. The third-order valence-electron chi connectivity index (χ3n) is 4.21. The highest BCUT2D eigenvalue weighted by Crippen LogP contribution is 2.29. The highest BCUT2D eigenvalue weighted by molar-refractivity contribution is 7.89. The van der Waals surface area contributed by atoms with Crippen molar-refractivity contribution >= 4 is 21.6 Å². The van der Waals surface area contributed by atoms with Crippen LogP contribution in [0.15, 0.2) is 53.4 Å². The van der Waals surface area contributed by atoms with E-state index in [1.165, 1.54) is 22.5 Å². The zero-order chi connectivity index (χ0) is 17.9. The average Bonchev–Trinajstić information content (AvgIpc) is 2.64. The molecule has 2 N–H and O–H groups in total. The number of phenols is 1. The van der Waals surface area contributed by atoms with Crippen LogP contribution in [0.5, 0.6) is 5.75 Å². The minimum Gasteiger partial charge on any atom is -0.506 e. The van der Waals surface area contributed by atoms with E-state index in [4.69, 9.17) is 0 Å². The van der Waals surface area contributed by atoms with Crippen LogP contribution in [-0.2, 0) is 10.0 Å². The molecule has 2 aromatic carbocycles. The van der Waals surface area contributed by atoms with Crippen LogP contribution in [0, 0.1) is 0 Å². The maximum Gasteiger partial charge on any atom is 0.255 e. The van der Waals surface area contributed by atoms with Gasteiger partial charge in [0.05, 0.1) is 10.6 Å². The van der Waals surface area contributed by atoms with E-state index in [2.05, 4.69) is 5.32 Å². The molecule has 25 heavy (non-hydrogen) atoms. The summed E-state index contributed by atoms with van der Waals surface area (Å²) in [6, 6.07) is 12.5. The number of nitrogens with one attached hydrogen (secondary N) is 1. The van der Waals surface area contributed by atoms with Gasteiger partial charge >= 0.3 is 0 Å². The highest BCUT2D eigenvalue weighted by Gasteiger charge is 2.26. The fourth-order valence-corrected chi connectivity index (χ4v) is 4.36. The minimum absolute atomic E-state index is 0.0653. The van der Waals surface area contributed by atoms with Gasteiger partial charge in [0.2, 0.25) is 10.0 Å². The molecule has 6 nitrogen and oxygen atoms in total. The number of anilines is 1. The number of rotatable bonds is 4. The summed E-state index contributed by atoms with van der Waals surface area (Å²) in [5, 5.41) is 12.6. The molecule has 1 heterocycles. The molecule has 0 aliphatic carbocycles. The molecule has 0 saturated carbocycles. The summed E-state index contributed by atoms with van der Waals surface area (Å²) in [5.41, 5.74) is 0.498. The molecule has 0 spiro atoms. The second-order valence-electron chi connectivity index (χ2n) is 5.96. The molecule has 0 unspecified atom stereocenters. The molecule has 1 aliphatic rings. The van der Waals surface area contributed by atoms with Gasteiger partial charge in [0, 0.05) is 18.7 Å². The number of piperidine rings is 1. The Morgan fingerprint density at radius 3 is 2.36 bits per heavy atom. The third-order valence-corrected chi connectivity index (χ3v) is 6.10. The first kappa shape index (κ1) is 17.4. The van der Waals surface area contributed by atoms with Crippen LogP contribution < -0.4 is 5.32 Å². The Balaban J connectivity index is 1.86. The lowest BCUT2D eigenvalue weighted by molar-refractivity contribution is 0.102. The van der Waals surface area contributed by atoms with Crippen LogP contribution in [-0.4, -0.2) is 36.8 Å². The lowest BCUT2D eigenvalue weighted by Gasteiger charge is -2.26. The van der Waals surface area contributed by atoms with E-state index < -0.39 is 15.9 Å². The van der Waals surface area contributed by atoms with Crippen LogP contribution in [0.1, 0.15) is 29.6 Å². The first-order chi connectivity index (χ1) is 12.0. The third kappa shape index (κ3) is 3.83. The quantitative estimate of drug-likeness (QED) is 0.821. The van der Waals surface area contributed by atoms with E-state index in [-0.39, 0.29) is 16.3 Å². The molecule has 2 aromatic rings. The Hall–Kier alpha value is -2.38. The van der Waals surface area contributed by atoms with E-state index >= 15 is 0 Å². The molecule has 1 saturated heterocycles. The summed E-state index contributed by atoms with van der Waals surface area (Å²) in [6.07, 6.45) is 2.71. The largest absolute Gasteiger partial charge is 0.506 e. The molecular weight excluding hydrogens is 340 g/mol. The van der Waals surface area contributed by atoms with Crippen LogP contribution in [0.4, 0.5) is 5.69 Å². The number of nitrogens with zero attached hydrogens (tertiary/aromatic N) is 1. The molecule has 1 amide bonds. The van der Waals surface area contributed by atoms with Crippen molar-refractivity contribution in [2.45, 2.75) is 24.2 Å². The summed E-state index contributed by atoms with van der Waals surface area (Å²) < 4.78 is 26.9. The summed E-state index contributed by atoms with van der Waals surface area (Å²) in [4.78, 5) is 12.3. The number of hydrogen-bond donors (Lipinski definition) is 2. The van der Waals surface area contributed by atoms with Gasteiger partial charge in [0.25, 0.3) is 5.91 Å². The Morgan fingerprint density at radius 1 is 1.00 bits per heavy atom. The van der Waals surface area contributed by atoms with Crippen LogP contribution in [0.3, 0.4) is 0 Å². The molecule has 1 aliphatic heterocycles. The fourth-order valence-electron chi connectivity index (χ4n) is 2.81. The minimum atomic E-state index is -3.63. The van der Waals surface area contributed by atoms with Gasteiger partial charge in [-0.1, -0.05) is 24.6 Å². The van der Waals surface area contributed by atoms with Gasteiger partial charge in [-0.05, 0) is 43.2 Å². The molecule has 0 aromatic heterocycles. The standard InChI is InChI=1S/C18H20N2O4S/c21-17-10-9-15(25(23,24)20-11-5-2-6-12-20)13-16(17)19-18(22)14-7-3-1-4-8-14/h1,3-4,7-10,13,21H,2,5-6,11-12H2,(H,19,22). The molecule has 132 valence electrons. The van der Waals surface area contributed by atoms with Crippen molar-refractivity contribution in [3.63, 3.8) is 0 Å². The Bertz CT molecular complexity index is 860. The van der Waals surface area contributed by atoms with E-state index in [1.54, 1.807) is 30.3 Å². The molecule has 3 rings (SSSR count). The number of aromatic hydroxyl groups is 1. The first-order valence-electron chi connectivity index (χ1n) is 8.18. The number of carbonyl (C=O) groups excluding carboxylic acids is 1. The van der Waals surface area contributed by atoms with Crippen LogP contribution in [0.2, 0.25) is 0 Å². The number of hydrogen-bond acceptors (Lipinski definition) is 4. The van der Waals surface area contributed by atoms with Crippen molar-refractivity contribution in [2.24, 2.45) is 0 Å². The van der Waals surface area contributed by atoms with Crippen molar-refractivity contribution in [2.75, 3.05) is 18.4 Å². The second-order valence-corrected chi connectivity index (χ2v) is 7.90. The first-order valence-corrected chi connectivity index (χ1v) is 9.62. The van der Waals surface area contributed by atoms with Crippen molar-refractivity contribution < 1.29 is 18.3 Å². The highest BCUT2D eigenvalue weighted by atomic mass is 32.2. The lowest BCUT2D eigenvalue weighted by atomic mass is 10.2. The zero-order valence-corrected chi connectivity index (χ0v) is 14.5. The van der Waals surface area contributed by atoms with E-state index in [1.807, 2.05) is 0 Å².